The molecule has 1 aromatic carbocycles. The third-order valence-corrected chi connectivity index (χ3v) is 4.63. The van der Waals surface area contributed by atoms with Crippen LogP contribution < -0.4 is 15.4 Å². The summed E-state index contributed by atoms with van der Waals surface area (Å²) in [6, 6.07) is 8.27. The van der Waals surface area contributed by atoms with E-state index in [1.165, 1.54) is 11.1 Å². The first-order valence-electron chi connectivity index (χ1n) is 9.05. The van der Waals surface area contributed by atoms with Crippen molar-refractivity contribution < 1.29 is 9.26 Å². The third kappa shape index (κ3) is 7.04. The highest BCUT2D eigenvalue weighted by molar-refractivity contribution is 14.0. The molecule has 0 aliphatic carbocycles. The lowest BCUT2D eigenvalue weighted by Crippen LogP contribution is -2.39. The van der Waals surface area contributed by atoms with Crippen molar-refractivity contribution in [2.24, 2.45) is 4.99 Å². The molecule has 0 radical (unpaired) electrons. The molecular formula is C20H31IN4O2. The van der Waals surface area contributed by atoms with Crippen LogP contribution in [0.15, 0.2) is 33.8 Å². The maximum atomic E-state index is 5.21. The minimum Gasteiger partial charge on any atom is -0.497 e. The van der Waals surface area contributed by atoms with Crippen LogP contribution in [-0.4, -0.2) is 38.4 Å². The number of nitrogens with zero attached hydrogens (tertiary/aromatic N) is 2. The predicted octanol–water partition coefficient (Wildman–Crippen LogP) is 3.82. The number of hydrogen-bond donors (Lipinski definition) is 2. The van der Waals surface area contributed by atoms with Gasteiger partial charge in [-0.3, -0.25) is 4.99 Å². The molecule has 2 rings (SSSR count). The van der Waals surface area contributed by atoms with E-state index < -0.39 is 0 Å². The predicted molar refractivity (Wildman–Crippen MR) is 120 cm³/mol. The lowest BCUT2D eigenvalue weighted by Gasteiger charge is -2.15. The van der Waals surface area contributed by atoms with Gasteiger partial charge in [0.2, 0.25) is 0 Å². The second-order valence-corrected chi connectivity index (χ2v) is 6.44. The molecule has 7 heteroatoms. The number of aromatic nitrogens is 1. The molecule has 1 atom stereocenters. The van der Waals surface area contributed by atoms with Gasteiger partial charge in [-0.25, -0.2) is 0 Å². The monoisotopic (exact) mass is 486 g/mol. The molecule has 0 fully saturated rings. The van der Waals surface area contributed by atoms with E-state index in [0.717, 1.165) is 49.1 Å². The van der Waals surface area contributed by atoms with Gasteiger partial charge in [-0.1, -0.05) is 24.2 Å². The molecule has 1 unspecified atom stereocenters. The lowest BCUT2D eigenvalue weighted by molar-refractivity contribution is 0.392. The van der Waals surface area contributed by atoms with Crippen LogP contribution in [0, 0.1) is 13.8 Å². The quantitative estimate of drug-likeness (QED) is 0.337. The summed E-state index contributed by atoms with van der Waals surface area (Å²) < 4.78 is 10.4. The molecule has 27 heavy (non-hydrogen) atoms. The molecular weight excluding hydrogens is 455 g/mol. The van der Waals surface area contributed by atoms with Gasteiger partial charge < -0.3 is 19.9 Å². The highest BCUT2D eigenvalue weighted by Crippen LogP contribution is 2.21. The fourth-order valence-electron chi connectivity index (χ4n) is 2.89. The lowest BCUT2D eigenvalue weighted by atomic mass is 9.98. The first kappa shape index (κ1) is 23.3. The van der Waals surface area contributed by atoms with Crippen LogP contribution in [0.5, 0.6) is 5.75 Å². The van der Waals surface area contributed by atoms with Gasteiger partial charge in [0, 0.05) is 25.7 Å². The van der Waals surface area contributed by atoms with E-state index in [-0.39, 0.29) is 24.0 Å². The Balaban J connectivity index is 0.00000364. The summed E-state index contributed by atoms with van der Waals surface area (Å²) in [5.74, 6) is 3.06. The molecule has 0 saturated heterocycles. The highest BCUT2D eigenvalue weighted by Gasteiger charge is 2.09. The molecule has 0 aliphatic rings. The SMILES string of the molecule is CN=C(NCCc1c(C)noc1C)NCCC(C)c1ccc(OC)cc1.I. The fraction of sp³-hybridized carbons (Fsp3) is 0.500. The molecule has 1 aromatic heterocycles. The summed E-state index contributed by atoms with van der Waals surface area (Å²) in [4.78, 5) is 4.28. The second kappa shape index (κ2) is 11.8. The number of guanidine groups is 1. The van der Waals surface area contributed by atoms with Crippen LogP contribution in [0.25, 0.3) is 0 Å². The van der Waals surface area contributed by atoms with Crippen molar-refractivity contribution in [3.63, 3.8) is 0 Å². The molecule has 0 bridgehead atoms. The number of methoxy groups -OCH3 is 1. The number of aryl methyl sites for hydroxylation is 2. The second-order valence-electron chi connectivity index (χ2n) is 6.44. The Morgan fingerprint density at radius 1 is 1.19 bits per heavy atom. The number of aliphatic imine (C=N–C) groups is 1. The van der Waals surface area contributed by atoms with Gasteiger partial charge in [0.15, 0.2) is 5.96 Å². The molecule has 2 N–H and O–H groups in total. The van der Waals surface area contributed by atoms with E-state index in [2.05, 4.69) is 39.8 Å². The van der Waals surface area contributed by atoms with Crippen molar-refractivity contribution in [1.82, 2.24) is 15.8 Å². The topological polar surface area (TPSA) is 71.7 Å². The Kier molecular flexibility index (Phi) is 10.2. The number of rotatable bonds is 8. The summed E-state index contributed by atoms with van der Waals surface area (Å²) in [6.45, 7) is 7.80. The molecule has 1 heterocycles. The zero-order chi connectivity index (χ0) is 18.9. The number of halogens is 1. The standard InChI is InChI=1S/C20H30N4O2.HI/c1-14(17-6-8-18(25-5)9-7-17)10-12-22-20(21-4)23-13-11-19-15(2)24-26-16(19)3;/h6-9,14H,10-13H2,1-5H3,(H2,21,22,23);1H. The van der Waals surface area contributed by atoms with Gasteiger partial charge >= 0.3 is 0 Å². The van der Waals surface area contributed by atoms with Gasteiger partial charge in [0.05, 0.1) is 12.8 Å². The number of ether oxygens (including phenoxy) is 1. The maximum Gasteiger partial charge on any atom is 0.190 e. The molecule has 2 aromatic rings. The van der Waals surface area contributed by atoms with Crippen LogP contribution >= 0.6 is 24.0 Å². The van der Waals surface area contributed by atoms with Gasteiger partial charge in [-0.05, 0) is 50.3 Å². The summed E-state index contributed by atoms with van der Waals surface area (Å²) in [6.07, 6.45) is 1.89. The first-order valence-corrected chi connectivity index (χ1v) is 9.05. The van der Waals surface area contributed by atoms with Crippen LogP contribution in [0.4, 0.5) is 0 Å². The zero-order valence-corrected chi connectivity index (χ0v) is 19.2. The van der Waals surface area contributed by atoms with Crippen molar-refractivity contribution in [1.29, 1.82) is 0 Å². The van der Waals surface area contributed by atoms with Crippen molar-refractivity contribution >= 4 is 29.9 Å². The normalized spacial score (nSPS) is 12.3. The van der Waals surface area contributed by atoms with E-state index in [0.29, 0.717) is 5.92 Å². The number of benzene rings is 1. The van der Waals surface area contributed by atoms with E-state index in [1.54, 1.807) is 14.2 Å². The zero-order valence-electron chi connectivity index (χ0n) is 16.8. The van der Waals surface area contributed by atoms with Crippen molar-refractivity contribution in [2.75, 3.05) is 27.2 Å². The average molecular weight is 486 g/mol. The molecule has 0 amide bonds. The average Bonchev–Trinajstić information content (AvgIpc) is 2.98. The van der Waals surface area contributed by atoms with Crippen molar-refractivity contribution in [3.8, 4) is 5.75 Å². The Labute approximate surface area is 179 Å². The van der Waals surface area contributed by atoms with Gasteiger partial charge in [0.25, 0.3) is 0 Å². The molecule has 0 spiro atoms. The summed E-state index contributed by atoms with van der Waals surface area (Å²) >= 11 is 0. The molecule has 150 valence electrons. The minimum absolute atomic E-state index is 0. The Morgan fingerprint density at radius 2 is 1.85 bits per heavy atom. The van der Waals surface area contributed by atoms with Gasteiger partial charge in [0.1, 0.15) is 11.5 Å². The summed E-state index contributed by atoms with van der Waals surface area (Å²) in [7, 11) is 3.48. The van der Waals surface area contributed by atoms with Crippen LogP contribution in [0.1, 0.15) is 41.8 Å². The summed E-state index contributed by atoms with van der Waals surface area (Å²) in [5.41, 5.74) is 3.44. The fourth-order valence-corrected chi connectivity index (χ4v) is 2.89. The Hall–Kier alpha value is -1.77. The summed E-state index contributed by atoms with van der Waals surface area (Å²) in [5, 5.41) is 10.7. The Morgan fingerprint density at radius 3 is 2.41 bits per heavy atom. The molecule has 0 saturated carbocycles. The van der Waals surface area contributed by atoms with E-state index >= 15 is 0 Å². The van der Waals surface area contributed by atoms with Gasteiger partial charge in [-0.15, -0.1) is 24.0 Å². The van der Waals surface area contributed by atoms with Crippen LogP contribution in [0.2, 0.25) is 0 Å². The largest absolute Gasteiger partial charge is 0.497 e. The van der Waals surface area contributed by atoms with Gasteiger partial charge in [-0.2, -0.15) is 0 Å². The smallest absolute Gasteiger partial charge is 0.190 e. The first-order chi connectivity index (χ1) is 12.5. The molecule has 0 aliphatic heterocycles. The van der Waals surface area contributed by atoms with E-state index in [9.17, 15) is 0 Å². The van der Waals surface area contributed by atoms with Crippen molar-refractivity contribution in [3.05, 3.63) is 46.8 Å². The third-order valence-electron chi connectivity index (χ3n) is 4.63. The number of hydrogen-bond acceptors (Lipinski definition) is 4. The van der Waals surface area contributed by atoms with Crippen molar-refractivity contribution in [2.45, 2.75) is 39.5 Å². The Bertz CT molecular complexity index is 694. The maximum absolute atomic E-state index is 5.21. The van der Waals surface area contributed by atoms with Crippen LogP contribution in [0.3, 0.4) is 0 Å². The minimum atomic E-state index is 0. The number of nitrogens with one attached hydrogen (secondary N) is 2. The highest BCUT2D eigenvalue weighted by atomic mass is 127. The molecule has 6 nitrogen and oxygen atoms in total. The van der Waals surface area contributed by atoms with Crippen LogP contribution in [-0.2, 0) is 6.42 Å². The van der Waals surface area contributed by atoms with E-state index in [1.807, 2.05) is 26.0 Å². The van der Waals surface area contributed by atoms with E-state index in [4.69, 9.17) is 9.26 Å².